The summed E-state index contributed by atoms with van der Waals surface area (Å²) in [5, 5.41) is 7.43. The zero-order valence-corrected chi connectivity index (χ0v) is 10.7. The highest BCUT2D eigenvalue weighted by molar-refractivity contribution is 6.00. The molecule has 7 heteroatoms. The van der Waals surface area contributed by atoms with E-state index in [1.54, 1.807) is 4.90 Å². The van der Waals surface area contributed by atoms with E-state index in [1.807, 2.05) is 0 Å². The summed E-state index contributed by atoms with van der Waals surface area (Å²) in [4.78, 5) is 1.72. The largest absolute Gasteiger partial charge is 0.391 e. The van der Waals surface area contributed by atoms with Crippen molar-refractivity contribution in [2.24, 2.45) is 11.7 Å². The fraction of sp³-hybridized carbons (Fsp3) is 0.462. The lowest BCUT2D eigenvalue weighted by atomic mass is 9.95. The minimum absolute atomic E-state index is 0.00176. The van der Waals surface area contributed by atoms with Gasteiger partial charge in [-0.1, -0.05) is 0 Å². The molecular formula is C13H15F4N3. The number of amidine groups is 1. The van der Waals surface area contributed by atoms with Gasteiger partial charge in [-0.05, 0) is 31.0 Å². The van der Waals surface area contributed by atoms with Gasteiger partial charge in [-0.3, -0.25) is 5.41 Å². The van der Waals surface area contributed by atoms with E-state index in [0.29, 0.717) is 5.69 Å². The molecule has 1 aliphatic rings. The summed E-state index contributed by atoms with van der Waals surface area (Å²) in [7, 11) is 0. The van der Waals surface area contributed by atoms with E-state index < -0.39 is 17.9 Å². The van der Waals surface area contributed by atoms with Crippen molar-refractivity contribution in [1.82, 2.24) is 0 Å². The first-order valence-corrected chi connectivity index (χ1v) is 6.24. The highest BCUT2D eigenvalue weighted by Gasteiger charge is 2.41. The standard InChI is InChI=1S/C13H15F4N3/c14-9-1-2-11(10(7-9)12(18)19)20-5-3-8(4-6-20)13(15,16)17/h1-2,7-8H,3-6H2,(H3,18,19). The Bertz CT molecular complexity index is 505. The number of alkyl halides is 3. The molecule has 1 heterocycles. The Kier molecular flexibility index (Phi) is 3.87. The topological polar surface area (TPSA) is 53.1 Å². The van der Waals surface area contributed by atoms with Crippen LogP contribution in [0.3, 0.4) is 0 Å². The van der Waals surface area contributed by atoms with E-state index in [4.69, 9.17) is 11.1 Å². The molecule has 0 radical (unpaired) electrons. The first-order valence-electron chi connectivity index (χ1n) is 6.24. The van der Waals surface area contributed by atoms with E-state index >= 15 is 0 Å². The van der Waals surface area contributed by atoms with Crippen LogP contribution in [0.5, 0.6) is 0 Å². The quantitative estimate of drug-likeness (QED) is 0.500. The predicted molar refractivity (Wildman–Crippen MR) is 68.4 cm³/mol. The van der Waals surface area contributed by atoms with E-state index in [9.17, 15) is 17.6 Å². The first kappa shape index (κ1) is 14.6. The molecule has 0 atom stereocenters. The Hall–Kier alpha value is -1.79. The lowest BCUT2D eigenvalue weighted by Crippen LogP contribution is -2.39. The molecular weight excluding hydrogens is 274 g/mol. The molecule has 20 heavy (non-hydrogen) atoms. The summed E-state index contributed by atoms with van der Waals surface area (Å²) in [6.45, 7) is 0.437. The van der Waals surface area contributed by atoms with E-state index in [1.165, 1.54) is 12.1 Å². The third-order valence-corrected chi connectivity index (χ3v) is 3.55. The maximum absolute atomic E-state index is 13.2. The molecule has 0 aliphatic carbocycles. The number of nitrogen functional groups attached to an aromatic ring is 1. The summed E-state index contributed by atoms with van der Waals surface area (Å²) >= 11 is 0. The van der Waals surface area contributed by atoms with Gasteiger partial charge in [0, 0.05) is 24.3 Å². The van der Waals surface area contributed by atoms with Gasteiger partial charge in [0.05, 0.1) is 5.92 Å². The van der Waals surface area contributed by atoms with Crippen molar-refractivity contribution in [3.05, 3.63) is 29.6 Å². The molecule has 0 amide bonds. The molecule has 3 nitrogen and oxygen atoms in total. The van der Waals surface area contributed by atoms with Gasteiger partial charge in [-0.2, -0.15) is 13.2 Å². The lowest BCUT2D eigenvalue weighted by Gasteiger charge is -2.35. The number of rotatable bonds is 2. The third-order valence-electron chi connectivity index (χ3n) is 3.55. The molecule has 3 N–H and O–H groups in total. The molecule has 110 valence electrons. The van der Waals surface area contributed by atoms with Gasteiger partial charge in [0.2, 0.25) is 0 Å². The van der Waals surface area contributed by atoms with Gasteiger partial charge in [0.15, 0.2) is 0 Å². The maximum Gasteiger partial charge on any atom is 0.391 e. The normalized spacial score (nSPS) is 17.3. The number of halogens is 4. The molecule has 1 aromatic rings. The number of anilines is 1. The zero-order chi connectivity index (χ0) is 14.9. The molecule has 0 aromatic heterocycles. The summed E-state index contributed by atoms with van der Waals surface area (Å²) in [6.07, 6.45) is -4.17. The monoisotopic (exact) mass is 289 g/mol. The summed E-state index contributed by atoms with van der Waals surface area (Å²) in [5.41, 5.74) is 6.13. The van der Waals surface area contributed by atoms with Crippen LogP contribution in [0.1, 0.15) is 18.4 Å². The molecule has 1 fully saturated rings. The molecule has 0 saturated carbocycles. The van der Waals surface area contributed by atoms with Gasteiger partial charge in [0.25, 0.3) is 0 Å². The number of hydrogen-bond donors (Lipinski definition) is 2. The SMILES string of the molecule is N=C(N)c1cc(F)ccc1N1CCC(C(F)(F)F)CC1. The molecule has 1 saturated heterocycles. The van der Waals surface area contributed by atoms with Gasteiger partial charge < -0.3 is 10.6 Å². The Balaban J connectivity index is 2.17. The average Bonchev–Trinajstić information content (AvgIpc) is 2.37. The van der Waals surface area contributed by atoms with E-state index in [-0.39, 0.29) is 37.3 Å². The Morgan fingerprint density at radius 3 is 2.35 bits per heavy atom. The Morgan fingerprint density at radius 2 is 1.85 bits per heavy atom. The van der Waals surface area contributed by atoms with Crippen molar-refractivity contribution >= 4 is 11.5 Å². The first-order chi connectivity index (χ1) is 9.29. The second-order valence-corrected chi connectivity index (χ2v) is 4.88. The minimum Gasteiger partial charge on any atom is -0.384 e. The molecule has 0 spiro atoms. The summed E-state index contributed by atoms with van der Waals surface area (Å²) < 4.78 is 51.0. The number of hydrogen-bond acceptors (Lipinski definition) is 2. The molecule has 1 aromatic carbocycles. The third kappa shape index (κ3) is 3.02. The summed E-state index contributed by atoms with van der Waals surface area (Å²) in [5.74, 6) is -2.11. The van der Waals surface area contributed by atoms with Gasteiger partial charge in [0.1, 0.15) is 11.7 Å². The fourth-order valence-electron chi connectivity index (χ4n) is 2.45. The van der Waals surface area contributed by atoms with Crippen LogP contribution in [0, 0.1) is 17.1 Å². The summed E-state index contributed by atoms with van der Waals surface area (Å²) in [6, 6.07) is 3.81. The highest BCUT2D eigenvalue weighted by atomic mass is 19.4. The van der Waals surface area contributed by atoms with Crippen LogP contribution in [0.25, 0.3) is 0 Å². The lowest BCUT2D eigenvalue weighted by molar-refractivity contribution is -0.179. The minimum atomic E-state index is -4.17. The molecule has 1 aliphatic heterocycles. The van der Waals surface area contributed by atoms with Crippen LogP contribution >= 0.6 is 0 Å². The van der Waals surface area contributed by atoms with Crippen LogP contribution in [0.4, 0.5) is 23.2 Å². The van der Waals surface area contributed by atoms with Gasteiger partial charge >= 0.3 is 6.18 Å². The van der Waals surface area contributed by atoms with Crippen LogP contribution < -0.4 is 10.6 Å². The second-order valence-electron chi connectivity index (χ2n) is 4.88. The molecule has 0 unspecified atom stereocenters. The second kappa shape index (κ2) is 5.30. The zero-order valence-electron chi connectivity index (χ0n) is 10.7. The van der Waals surface area contributed by atoms with Crippen molar-refractivity contribution in [2.75, 3.05) is 18.0 Å². The van der Waals surface area contributed by atoms with Gasteiger partial charge in [-0.15, -0.1) is 0 Å². The van der Waals surface area contributed by atoms with Crippen molar-refractivity contribution in [2.45, 2.75) is 19.0 Å². The van der Waals surface area contributed by atoms with Crippen molar-refractivity contribution in [3.63, 3.8) is 0 Å². The van der Waals surface area contributed by atoms with Crippen LogP contribution in [0.15, 0.2) is 18.2 Å². The number of nitrogens with zero attached hydrogens (tertiary/aromatic N) is 1. The van der Waals surface area contributed by atoms with Crippen molar-refractivity contribution in [1.29, 1.82) is 5.41 Å². The van der Waals surface area contributed by atoms with Crippen molar-refractivity contribution < 1.29 is 17.6 Å². The maximum atomic E-state index is 13.2. The Morgan fingerprint density at radius 1 is 1.25 bits per heavy atom. The van der Waals surface area contributed by atoms with Crippen LogP contribution in [-0.2, 0) is 0 Å². The fourth-order valence-corrected chi connectivity index (χ4v) is 2.45. The highest BCUT2D eigenvalue weighted by Crippen LogP contribution is 2.36. The molecule has 2 rings (SSSR count). The molecule has 0 bridgehead atoms. The Labute approximate surface area is 113 Å². The number of nitrogens with two attached hydrogens (primary N) is 1. The van der Waals surface area contributed by atoms with Crippen molar-refractivity contribution in [3.8, 4) is 0 Å². The smallest absolute Gasteiger partial charge is 0.384 e. The number of benzene rings is 1. The number of piperidine rings is 1. The van der Waals surface area contributed by atoms with E-state index in [2.05, 4.69) is 0 Å². The van der Waals surface area contributed by atoms with Crippen LogP contribution in [0.2, 0.25) is 0 Å². The average molecular weight is 289 g/mol. The van der Waals surface area contributed by atoms with E-state index in [0.717, 1.165) is 6.07 Å². The van der Waals surface area contributed by atoms with Crippen LogP contribution in [-0.4, -0.2) is 25.1 Å². The number of nitrogens with one attached hydrogen (secondary N) is 1. The predicted octanol–water partition coefficient (Wildman–Crippen LogP) is 2.89. The van der Waals surface area contributed by atoms with Gasteiger partial charge in [-0.25, -0.2) is 4.39 Å².